The molecule has 1 aliphatic rings. The molecule has 0 bridgehead atoms. The Labute approximate surface area is 100 Å². The van der Waals surface area contributed by atoms with E-state index in [2.05, 4.69) is 4.74 Å². The zero-order valence-electron chi connectivity index (χ0n) is 10.3. The Morgan fingerprint density at radius 3 is 2.41 bits per heavy atom. The highest BCUT2D eigenvalue weighted by molar-refractivity contribution is 6.08. The Bertz CT molecular complexity index is 356. The lowest BCUT2D eigenvalue weighted by Crippen LogP contribution is -2.38. The molecule has 0 aliphatic carbocycles. The molecule has 1 heterocycles. The Kier molecular flexibility index (Phi) is 4.06. The van der Waals surface area contributed by atoms with Crippen LogP contribution in [0.2, 0.25) is 0 Å². The summed E-state index contributed by atoms with van der Waals surface area (Å²) in [7, 11) is 0. The molecule has 1 rings (SSSR count). The summed E-state index contributed by atoms with van der Waals surface area (Å²) in [6.07, 6.45) is 0.643. The summed E-state index contributed by atoms with van der Waals surface area (Å²) in [5, 5.41) is 19.2. The van der Waals surface area contributed by atoms with E-state index in [0.29, 0.717) is 0 Å². The fourth-order valence-corrected chi connectivity index (χ4v) is 1.85. The molecule has 0 saturated heterocycles. The van der Waals surface area contributed by atoms with E-state index in [9.17, 15) is 14.7 Å². The van der Waals surface area contributed by atoms with Crippen LogP contribution in [-0.2, 0) is 14.3 Å². The van der Waals surface area contributed by atoms with E-state index in [1.54, 1.807) is 20.8 Å². The molecule has 2 atom stereocenters. The largest absolute Gasteiger partial charge is 0.396 e. The van der Waals surface area contributed by atoms with Crippen molar-refractivity contribution in [3.05, 3.63) is 11.6 Å². The quantitative estimate of drug-likeness (QED) is 0.538. The second-order valence-corrected chi connectivity index (χ2v) is 5.15. The third-order valence-electron chi connectivity index (χ3n) is 3.04. The molecule has 0 radical (unpaired) electrons. The third-order valence-corrected chi connectivity index (χ3v) is 3.04. The second-order valence-electron chi connectivity index (χ2n) is 5.15. The molecule has 0 spiro atoms. The van der Waals surface area contributed by atoms with Crippen molar-refractivity contribution in [2.45, 2.75) is 33.3 Å². The Balaban J connectivity index is 2.67. The van der Waals surface area contributed by atoms with Crippen molar-refractivity contribution in [3.8, 4) is 0 Å². The predicted molar refractivity (Wildman–Crippen MR) is 59.8 cm³/mol. The maximum atomic E-state index is 11.2. The van der Waals surface area contributed by atoms with Gasteiger partial charge in [0.2, 0.25) is 0 Å². The van der Waals surface area contributed by atoms with Gasteiger partial charge >= 0.3 is 11.9 Å². The highest BCUT2D eigenvalue weighted by Gasteiger charge is 2.34. The van der Waals surface area contributed by atoms with Crippen molar-refractivity contribution < 1.29 is 24.5 Å². The smallest absolute Gasteiger partial charge is 0.342 e. The first-order valence-corrected chi connectivity index (χ1v) is 5.53. The number of aliphatic hydroxyl groups is 2. The second kappa shape index (κ2) is 4.98. The number of rotatable bonds is 5. The fraction of sp³-hybridized carbons (Fsp3) is 0.667. The van der Waals surface area contributed by atoms with Crippen LogP contribution in [0.1, 0.15) is 27.2 Å². The van der Waals surface area contributed by atoms with Crippen LogP contribution in [-0.4, -0.2) is 34.9 Å². The van der Waals surface area contributed by atoms with Gasteiger partial charge in [-0.2, -0.15) is 0 Å². The minimum absolute atomic E-state index is 0.152. The van der Waals surface area contributed by atoms with E-state index < -0.39 is 23.5 Å². The topological polar surface area (TPSA) is 83.8 Å². The molecule has 96 valence electrons. The van der Waals surface area contributed by atoms with Crippen LogP contribution in [0.5, 0.6) is 0 Å². The lowest BCUT2D eigenvalue weighted by Gasteiger charge is -2.32. The van der Waals surface area contributed by atoms with Crippen molar-refractivity contribution >= 4 is 11.9 Å². The van der Waals surface area contributed by atoms with Crippen molar-refractivity contribution in [2.75, 3.05) is 6.61 Å². The van der Waals surface area contributed by atoms with Gasteiger partial charge in [0.15, 0.2) is 0 Å². The first-order valence-electron chi connectivity index (χ1n) is 5.53. The summed E-state index contributed by atoms with van der Waals surface area (Å²) in [5.74, 6) is -1.55. The Morgan fingerprint density at radius 1 is 1.41 bits per heavy atom. The standard InChI is InChI=1S/C12H18O5/c1-7(10(15)12(2,3)6-13)4-8-5-9(14)17-11(8)16/h5,7,10,13,15H,4,6H2,1-3H3. The van der Waals surface area contributed by atoms with Gasteiger partial charge in [-0.25, -0.2) is 9.59 Å². The van der Waals surface area contributed by atoms with Crippen LogP contribution in [0, 0.1) is 11.3 Å². The van der Waals surface area contributed by atoms with E-state index >= 15 is 0 Å². The molecule has 5 nitrogen and oxygen atoms in total. The monoisotopic (exact) mass is 242 g/mol. The van der Waals surface area contributed by atoms with Crippen LogP contribution in [0.3, 0.4) is 0 Å². The third kappa shape index (κ3) is 3.14. The average molecular weight is 242 g/mol. The van der Waals surface area contributed by atoms with Gasteiger partial charge in [-0.3, -0.25) is 0 Å². The Morgan fingerprint density at radius 2 is 2.00 bits per heavy atom. The van der Waals surface area contributed by atoms with Gasteiger partial charge in [-0.1, -0.05) is 20.8 Å². The Hall–Kier alpha value is -1.20. The maximum absolute atomic E-state index is 11.2. The molecule has 0 aromatic carbocycles. The van der Waals surface area contributed by atoms with E-state index in [4.69, 9.17) is 5.11 Å². The summed E-state index contributed by atoms with van der Waals surface area (Å²) in [6, 6.07) is 0. The molecule has 0 aromatic heterocycles. The molecule has 5 heteroatoms. The van der Waals surface area contributed by atoms with E-state index in [0.717, 1.165) is 6.08 Å². The van der Waals surface area contributed by atoms with Gasteiger partial charge < -0.3 is 14.9 Å². The summed E-state index contributed by atoms with van der Waals surface area (Å²) < 4.78 is 4.36. The van der Waals surface area contributed by atoms with E-state index in [1.807, 2.05) is 0 Å². The van der Waals surface area contributed by atoms with Crippen LogP contribution >= 0.6 is 0 Å². The molecule has 0 saturated carbocycles. The van der Waals surface area contributed by atoms with E-state index in [1.165, 1.54) is 0 Å². The summed E-state index contributed by atoms with van der Waals surface area (Å²) in [5.41, 5.74) is -0.373. The number of aliphatic hydroxyl groups excluding tert-OH is 2. The van der Waals surface area contributed by atoms with E-state index in [-0.39, 0.29) is 24.5 Å². The predicted octanol–water partition coefficient (Wildman–Crippen LogP) is 0.402. The fourth-order valence-electron chi connectivity index (χ4n) is 1.85. The van der Waals surface area contributed by atoms with Crippen molar-refractivity contribution in [3.63, 3.8) is 0 Å². The maximum Gasteiger partial charge on any atom is 0.342 e. The van der Waals surface area contributed by atoms with Crippen LogP contribution < -0.4 is 0 Å². The SMILES string of the molecule is CC(CC1=CC(=O)OC1=O)C(O)C(C)(C)CO. The number of cyclic esters (lactones) is 2. The lowest BCUT2D eigenvalue weighted by atomic mass is 9.79. The number of hydrogen-bond acceptors (Lipinski definition) is 5. The van der Waals surface area contributed by atoms with Gasteiger partial charge in [0, 0.05) is 17.1 Å². The molecule has 2 N–H and O–H groups in total. The summed E-state index contributed by atoms with van der Waals surface area (Å²) in [6.45, 7) is 5.08. The van der Waals surface area contributed by atoms with Gasteiger partial charge in [0.25, 0.3) is 0 Å². The zero-order chi connectivity index (χ0) is 13.2. The van der Waals surface area contributed by atoms with Gasteiger partial charge in [0.1, 0.15) is 0 Å². The molecule has 2 unspecified atom stereocenters. The van der Waals surface area contributed by atoms with Gasteiger partial charge in [0.05, 0.1) is 12.7 Å². The first-order chi connectivity index (χ1) is 7.77. The first kappa shape index (κ1) is 13.9. The minimum Gasteiger partial charge on any atom is -0.396 e. The van der Waals surface area contributed by atoms with Gasteiger partial charge in [-0.15, -0.1) is 0 Å². The number of carbonyl (C=O) groups is 2. The molecule has 17 heavy (non-hydrogen) atoms. The normalized spacial score (nSPS) is 19.9. The molecule has 0 amide bonds. The van der Waals surface area contributed by atoms with Crippen LogP contribution in [0.25, 0.3) is 0 Å². The summed E-state index contributed by atoms with van der Waals surface area (Å²) in [4.78, 5) is 22.1. The number of carbonyl (C=O) groups excluding carboxylic acids is 2. The van der Waals surface area contributed by atoms with Gasteiger partial charge in [-0.05, 0) is 12.3 Å². The summed E-state index contributed by atoms with van der Waals surface area (Å²) >= 11 is 0. The van der Waals surface area contributed by atoms with Crippen molar-refractivity contribution in [1.29, 1.82) is 0 Å². The van der Waals surface area contributed by atoms with Crippen molar-refractivity contribution in [2.24, 2.45) is 11.3 Å². The highest BCUT2D eigenvalue weighted by Crippen LogP contribution is 2.30. The molecular weight excluding hydrogens is 224 g/mol. The minimum atomic E-state index is -0.767. The number of ether oxygens (including phenoxy) is 1. The van der Waals surface area contributed by atoms with Crippen molar-refractivity contribution in [1.82, 2.24) is 0 Å². The molecule has 1 aliphatic heterocycles. The van der Waals surface area contributed by atoms with Crippen LogP contribution in [0.4, 0.5) is 0 Å². The molecule has 0 aromatic rings. The zero-order valence-corrected chi connectivity index (χ0v) is 10.3. The number of esters is 2. The average Bonchev–Trinajstić information content (AvgIpc) is 2.56. The van der Waals surface area contributed by atoms with Crippen LogP contribution in [0.15, 0.2) is 11.6 Å². The number of hydrogen-bond donors (Lipinski definition) is 2. The molecular formula is C12H18O5. The molecule has 0 fully saturated rings. The lowest BCUT2D eigenvalue weighted by molar-refractivity contribution is -0.150. The highest BCUT2D eigenvalue weighted by atomic mass is 16.6.